The van der Waals surface area contributed by atoms with E-state index in [2.05, 4.69) is 38.4 Å². The molecule has 1 saturated heterocycles. The summed E-state index contributed by atoms with van der Waals surface area (Å²) in [4.78, 5) is 4.85. The molecule has 0 aromatic carbocycles. The first-order valence-corrected chi connectivity index (χ1v) is 9.13. The third-order valence-corrected chi connectivity index (χ3v) is 4.94. The molecule has 2 atom stereocenters. The molecule has 1 aromatic rings. The monoisotopic (exact) mass is 310 g/mol. The molecule has 0 bridgehead atoms. The van der Waals surface area contributed by atoms with E-state index >= 15 is 0 Å². The number of nitrogens with one attached hydrogen (secondary N) is 1. The maximum Gasteiger partial charge on any atom is 0.0944 e. The molecule has 0 aliphatic carbocycles. The molecule has 1 aromatic heterocycles. The van der Waals surface area contributed by atoms with Crippen molar-refractivity contribution in [1.82, 2.24) is 10.3 Å². The van der Waals surface area contributed by atoms with E-state index in [0.29, 0.717) is 6.04 Å². The van der Waals surface area contributed by atoms with Gasteiger partial charge in [0, 0.05) is 36.5 Å². The minimum absolute atomic E-state index is 0.153. The first kappa shape index (κ1) is 16.9. The summed E-state index contributed by atoms with van der Waals surface area (Å²) in [7, 11) is 0. The molecule has 120 valence electrons. The van der Waals surface area contributed by atoms with Gasteiger partial charge in [-0.25, -0.2) is 4.98 Å². The van der Waals surface area contributed by atoms with E-state index in [1.165, 1.54) is 30.0 Å². The van der Waals surface area contributed by atoms with E-state index in [4.69, 9.17) is 9.72 Å². The number of rotatable bonds is 7. The van der Waals surface area contributed by atoms with Crippen LogP contribution >= 0.6 is 11.3 Å². The highest BCUT2D eigenvalue weighted by molar-refractivity contribution is 7.09. The minimum atomic E-state index is 0.153. The summed E-state index contributed by atoms with van der Waals surface area (Å²) < 4.78 is 5.52. The first-order chi connectivity index (χ1) is 9.99. The number of aromatic nitrogens is 1. The molecule has 2 heterocycles. The Morgan fingerprint density at radius 3 is 2.86 bits per heavy atom. The lowest BCUT2D eigenvalue weighted by Gasteiger charge is -2.20. The predicted octanol–water partition coefficient (Wildman–Crippen LogP) is 3.78. The molecular formula is C17H30N2OS. The van der Waals surface area contributed by atoms with Crippen molar-refractivity contribution >= 4 is 11.3 Å². The minimum Gasteiger partial charge on any atom is -0.381 e. The van der Waals surface area contributed by atoms with Gasteiger partial charge in [0.15, 0.2) is 0 Å². The van der Waals surface area contributed by atoms with Gasteiger partial charge >= 0.3 is 0 Å². The highest BCUT2D eigenvalue weighted by atomic mass is 32.1. The molecule has 21 heavy (non-hydrogen) atoms. The van der Waals surface area contributed by atoms with Gasteiger partial charge in [0.2, 0.25) is 0 Å². The van der Waals surface area contributed by atoms with Crippen LogP contribution in [0.3, 0.4) is 0 Å². The van der Waals surface area contributed by atoms with Crippen LogP contribution in [0.25, 0.3) is 0 Å². The lowest BCUT2D eigenvalue weighted by Crippen LogP contribution is -2.34. The number of ether oxygens (including phenoxy) is 1. The van der Waals surface area contributed by atoms with Crippen LogP contribution in [0.4, 0.5) is 0 Å². The molecule has 2 rings (SSSR count). The molecule has 0 amide bonds. The third-order valence-electron chi connectivity index (χ3n) is 4.07. The molecule has 1 N–H and O–H groups in total. The molecule has 1 aliphatic heterocycles. The number of thiazole rings is 1. The Balaban J connectivity index is 1.94. The summed E-state index contributed by atoms with van der Waals surface area (Å²) in [6, 6.07) is 0.538. The number of hydrogen-bond donors (Lipinski definition) is 1. The standard InChI is InChI=1S/C17H30N2OS/c1-5-7-18-14(9-13-6-8-20-11-13)10-16-19-15(12-21-16)17(2,3)4/h12-14,18H,5-11H2,1-4H3. The van der Waals surface area contributed by atoms with Gasteiger partial charge in [0.25, 0.3) is 0 Å². The third kappa shape index (κ3) is 5.35. The summed E-state index contributed by atoms with van der Waals surface area (Å²) in [6.45, 7) is 11.9. The van der Waals surface area contributed by atoms with Crippen LogP contribution in [0.5, 0.6) is 0 Å². The van der Waals surface area contributed by atoms with Gasteiger partial charge in [-0.1, -0.05) is 27.7 Å². The van der Waals surface area contributed by atoms with Crippen LogP contribution in [0.2, 0.25) is 0 Å². The van der Waals surface area contributed by atoms with E-state index in [1.807, 2.05) is 11.3 Å². The molecule has 1 fully saturated rings. The smallest absolute Gasteiger partial charge is 0.0944 e. The Labute approximate surface area is 133 Å². The van der Waals surface area contributed by atoms with Gasteiger partial charge < -0.3 is 10.1 Å². The zero-order valence-corrected chi connectivity index (χ0v) is 14.8. The van der Waals surface area contributed by atoms with Gasteiger partial charge in [-0.3, -0.25) is 0 Å². The second-order valence-electron chi connectivity index (χ2n) is 7.20. The van der Waals surface area contributed by atoms with Crippen molar-refractivity contribution < 1.29 is 4.74 Å². The van der Waals surface area contributed by atoms with E-state index in [0.717, 1.165) is 32.1 Å². The van der Waals surface area contributed by atoms with Crippen LogP contribution in [0.15, 0.2) is 5.38 Å². The van der Waals surface area contributed by atoms with Crippen molar-refractivity contribution in [1.29, 1.82) is 0 Å². The fraction of sp³-hybridized carbons (Fsp3) is 0.824. The van der Waals surface area contributed by atoms with Crippen molar-refractivity contribution in [3.63, 3.8) is 0 Å². The first-order valence-electron chi connectivity index (χ1n) is 8.25. The maximum absolute atomic E-state index is 5.52. The van der Waals surface area contributed by atoms with E-state index in [-0.39, 0.29) is 5.41 Å². The van der Waals surface area contributed by atoms with Crippen molar-refractivity contribution in [2.75, 3.05) is 19.8 Å². The quantitative estimate of drug-likeness (QED) is 0.832. The van der Waals surface area contributed by atoms with Gasteiger partial charge in [-0.15, -0.1) is 11.3 Å². The van der Waals surface area contributed by atoms with E-state index < -0.39 is 0 Å². The fourth-order valence-corrected chi connectivity index (χ4v) is 3.82. The lowest BCUT2D eigenvalue weighted by molar-refractivity contribution is 0.181. The predicted molar refractivity (Wildman–Crippen MR) is 90.1 cm³/mol. The largest absolute Gasteiger partial charge is 0.381 e. The van der Waals surface area contributed by atoms with Crippen molar-refractivity contribution in [2.45, 2.75) is 64.8 Å². The van der Waals surface area contributed by atoms with Crippen LogP contribution in [-0.2, 0) is 16.6 Å². The normalized spacial score (nSPS) is 20.9. The average Bonchev–Trinajstić information content (AvgIpc) is 3.06. The summed E-state index contributed by atoms with van der Waals surface area (Å²) in [5.41, 5.74) is 1.38. The maximum atomic E-state index is 5.52. The van der Waals surface area contributed by atoms with Crippen LogP contribution in [0, 0.1) is 5.92 Å². The Morgan fingerprint density at radius 2 is 2.29 bits per heavy atom. The molecule has 0 saturated carbocycles. The van der Waals surface area contributed by atoms with Crippen LogP contribution < -0.4 is 5.32 Å². The SMILES string of the molecule is CCCNC(Cc1nc(C(C)(C)C)cs1)CC1CCOC1. The molecule has 2 unspecified atom stereocenters. The average molecular weight is 311 g/mol. The summed E-state index contributed by atoms with van der Waals surface area (Å²) >= 11 is 1.81. The second kappa shape index (κ2) is 7.70. The molecule has 1 aliphatic rings. The molecule has 0 radical (unpaired) electrons. The highest BCUT2D eigenvalue weighted by Gasteiger charge is 2.23. The molecule has 3 nitrogen and oxygen atoms in total. The van der Waals surface area contributed by atoms with Gasteiger partial charge in [-0.2, -0.15) is 0 Å². The van der Waals surface area contributed by atoms with Crippen LogP contribution in [0.1, 0.15) is 57.7 Å². The number of nitrogens with zero attached hydrogens (tertiary/aromatic N) is 1. The van der Waals surface area contributed by atoms with Gasteiger partial charge in [-0.05, 0) is 31.7 Å². The summed E-state index contributed by atoms with van der Waals surface area (Å²) in [6.07, 6.45) is 4.67. The topological polar surface area (TPSA) is 34.2 Å². The Morgan fingerprint density at radius 1 is 1.48 bits per heavy atom. The van der Waals surface area contributed by atoms with Crippen molar-refractivity contribution in [2.24, 2.45) is 5.92 Å². The van der Waals surface area contributed by atoms with Gasteiger partial charge in [0.05, 0.1) is 10.7 Å². The van der Waals surface area contributed by atoms with E-state index in [1.54, 1.807) is 0 Å². The van der Waals surface area contributed by atoms with Crippen LogP contribution in [-0.4, -0.2) is 30.8 Å². The fourth-order valence-electron chi connectivity index (χ4n) is 2.72. The Bertz CT molecular complexity index is 419. The lowest BCUT2D eigenvalue weighted by atomic mass is 9.93. The zero-order valence-electron chi connectivity index (χ0n) is 13.9. The van der Waals surface area contributed by atoms with Crippen molar-refractivity contribution in [3.8, 4) is 0 Å². The second-order valence-corrected chi connectivity index (χ2v) is 8.14. The molecule has 4 heteroatoms. The highest BCUT2D eigenvalue weighted by Crippen LogP contribution is 2.26. The summed E-state index contributed by atoms with van der Waals surface area (Å²) in [5, 5.41) is 7.20. The molecule has 0 spiro atoms. The van der Waals surface area contributed by atoms with Gasteiger partial charge in [0.1, 0.15) is 0 Å². The molecular weight excluding hydrogens is 280 g/mol. The zero-order chi connectivity index (χ0) is 15.3. The van der Waals surface area contributed by atoms with E-state index in [9.17, 15) is 0 Å². The summed E-state index contributed by atoms with van der Waals surface area (Å²) in [5.74, 6) is 0.724. The Kier molecular flexibility index (Phi) is 6.20. The number of hydrogen-bond acceptors (Lipinski definition) is 4. The Hall–Kier alpha value is -0.450. The van der Waals surface area contributed by atoms with Crippen molar-refractivity contribution in [3.05, 3.63) is 16.1 Å².